The topological polar surface area (TPSA) is 35.9 Å². The van der Waals surface area contributed by atoms with Crippen molar-refractivity contribution in [1.82, 2.24) is 4.90 Å². The first-order chi connectivity index (χ1) is 13.5. The number of anilines is 1. The fraction of sp³-hybridized carbons (Fsp3) is 0.273. The van der Waals surface area contributed by atoms with Crippen molar-refractivity contribution in [2.75, 3.05) is 25.0 Å². The van der Waals surface area contributed by atoms with Gasteiger partial charge in [-0.1, -0.05) is 17.7 Å². The van der Waals surface area contributed by atoms with E-state index < -0.39 is 0 Å². The Morgan fingerprint density at radius 1 is 1.11 bits per heavy atom. The normalized spacial score (nSPS) is 20.0. The van der Waals surface area contributed by atoms with E-state index in [9.17, 15) is 4.79 Å². The number of aryl methyl sites for hydroxylation is 1. The molecule has 2 heterocycles. The third kappa shape index (κ3) is 3.96. The third-order valence-electron chi connectivity index (χ3n) is 5.07. The smallest absolute Gasteiger partial charge is 0.266 e. The second-order valence-corrected chi connectivity index (χ2v) is 8.53. The fourth-order valence-corrected chi connectivity index (χ4v) is 4.52. The van der Waals surface area contributed by atoms with E-state index in [-0.39, 0.29) is 5.91 Å². The molecule has 2 aromatic carbocycles. The van der Waals surface area contributed by atoms with Crippen LogP contribution in [0.5, 0.6) is 0 Å². The number of hydrogen-bond acceptors (Lipinski definition) is 4. The molecule has 0 radical (unpaired) electrons. The van der Waals surface area contributed by atoms with Gasteiger partial charge in [0.15, 0.2) is 5.17 Å². The number of halogens is 1. The van der Waals surface area contributed by atoms with Gasteiger partial charge >= 0.3 is 0 Å². The maximum atomic E-state index is 12.7. The molecule has 4 rings (SSSR count). The number of amides is 1. The van der Waals surface area contributed by atoms with Crippen LogP contribution in [-0.2, 0) is 4.79 Å². The van der Waals surface area contributed by atoms with E-state index in [1.807, 2.05) is 18.2 Å². The van der Waals surface area contributed by atoms with Gasteiger partial charge in [-0.15, -0.1) is 0 Å². The minimum Gasteiger partial charge on any atom is -0.372 e. The van der Waals surface area contributed by atoms with Crippen LogP contribution in [0.2, 0.25) is 5.02 Å². The van der Waals surface area contributed by atoms with Crippen molar-refractivity contribution in [2.24, 2.45) is 4.99 Å². The highest BCUT2D eigenvalue weighted by atomic mass is 35.5. The number of amidine groups is 1. The Bertz CT molecular complexity index is 962. The monoisotopic (exact) mass is 411 g/mol. The molecule has 2 aliphatic rings. The molecule has 0 N–H and O–H groups in total. The quantitative estimate of drug-likeness (QED) is 0.627. The van der Waals surface area contributed by atoms with Crippen LogP contribution in [0.4, 0.5) is 11.4 Å². The summed E-state index contributed by atoms with van der Waals surface area (Å²) in [4.78, 5) is 22.0. The zero-order valence-corrected chi connectivity index (χ0v) is 17.6. The molecule has 144 valence electrons. The minimum absolute atomic E-state index is 0.0271. The van der Waals surface area contributed by atoms with Crippen molar-refractivity contribution < 1.29 is 4.79 Å². The number of benzene rings is 2. The molecule has 0 aromatic heterocycles. The number of hydrogen-bond donors (Lipinski definition) is 0. The van der Waals surface area contributed by atoms with Crippen molar-refractivity contribution >= 4 is 51.9 Å². The van der Waals surface area contributed by atoms with Crippen LogP contribution in [0.25, 0.3) is 6.08 Å². The lowest BCUT2D eigenvalue weighted by atomic mass is 10.1. The third-order valence-corrected chi connectivity index (χ3v) is 6.38. The first-order valence-corrected chi connectivity index (χ1v) is 10.6. The minimum atomic E-state index is -0.0271. The van der Waals surface area contributed by atoms with Crippen LogP contribution in [-0.4, -0.2) is 36.1 Å². The highest BCUT2D eigenvalue weighted by Crippen LogP contribution is 2.34. The molecule has 2 aliphatic heterocycles. The molecule has 0 spiro atoms. The van der Waals surface area contributed by atoms with Crippen LogP contribution in [0.3, 0.4) is 0 Å². The summed E-state index contributed by atoms with van der Waals surface area (Å²) in [6.07, 6.45) is 4.49. The first kappa shape index (κ1) is 19.1. The lowest BCUT2D eigenvalue weighted by molar-refractivity contribution is -0.121. The standard InChI is InChI=1S/C22H22ClN3OS/c1-15-13-19(26-11-3-4-12-26)10-5-16(15)14-20-21(27)25(2)22(28-20)24-18-8-6-17(23)7-9-18/h5-10,13-14H,3-4,11-12H2,1-2H3/b20-14-,24-22?. The summed E-state index contributed by atoms with van der Waals surface area (Å²) in [5.41, 5.74) is 4.29. The van der Waals surface area contributed by atoms with Crippen molar-refractivity contribution in [1.29, 1.82) is 0 Å². The molecular weight excluding hydrogens is 390 g/mol. The summed E-state index contributed by atoms with van der Waals surface area (Å²) in [5.74, 6) is -0.0271. The van der Waals surface area contributed by atoms with E-state index >= 15 is 0 Å². The first-order valence-electron chi connectivity index (χ1n) is 9.39. The van der Waals surface area contributed by atoms with Crippen molar-refractivity contribution in [3.63, 3.8) is 0 Å². The Morgan fingerprint density at radius 3 is 2.50 bits per heavy atom. The van der Waals surface area contributed by atoms with Gasteiger partial charge < -0.3 is 4.90 Å². The summed E-state index contributed by atoms with van der Waals surface area (Å²) in [5, 5.41) is 1.34. The van der Waals surface area contributed by atoms with Crippen LogP contribution in [0.1, 0.15) is 24.0 Å². The Labute approximate surface area is 174 Å². The average molecular weight is 412 g/mol. The average Bonchev–Trinajstić information content (AvgIpc) is 3.31. The molecule has 0 aliphatic carbocycles. The van der Waals surface area contributed by atoms with E-state index in [1.165, 1.54) is 35.9 Å². The Kier molecular flexibility index (Phi) is 5.47. The maximum Gasteiger partial charge on any atom is 0.266 e. The van der Waals surface area contributed by atoms with Crippen LogP contribution < -0.4 is 4.90 Å². The highest BCUT2D eigenvalue weighted by molar-refractivity contribution is 8.18. The number of thioether (sulfide) groups is 1. The SMILES string of the molecule is Cc1cc(N2CCCC2)ccc1/C=C1\SC(=Nc2ccc(Cl)cc2)N(C)C1=O. The van der Waals surface area contributed by atoms with Gasteiger partial charge in [-0.2, -0.15) is 0 Å². The highest BCUT2D eigenvalue weighted by Gasteiger charge is 2.30. The predicted octanol–water partition coefficient (Wildman–Crippen LogP) is 5.48. The van der Waals surface area contributed by atoms with E-state index in [1.54, 1.807) is 24.1 Å². The zero-order valence-electron chi connectivity index (χ0n) is 16.0. The number of carbonyl (C=O) groups is 1. The lowest BCUT2D eigenvalue weighted by Gasteiger charge is -2.18. The van der Waals surface area contributed by atoms with Gasteiger partial charge in [0.25, 0.3) is 5.91 Å². The number of carbonyl (C=O) groups excluding carboxylic acids is 1. The summed E-state index contributed by atoms with van der Waals surface area (Å²) >= 11 is 7.33. The molecule has 6 heteroatoms. The molecule has 4 nitrogen and oxygen atoms in total. The summed E-state index contributed by atoms with van der Waals surface area (Å²) in [6, 6.07) is 13.8. The molecular formula is C22H22ClN3OS. The zero-order chi connectivity index (χ0) is 19.7. The predicted molar refractivity (Wildman–Crippen MR) is 120 cm³/mol. The van der Waals surface area contributed by atoms with Crippen LogP contribution >= 0.6 is 23.4 Å². The molecule has 2 aromatic rings. The van der Waals surface area contributed by atoms with Crippen LogP contribution in [0.15, 0.2) is 52.4 Å². The molecule has 0 saturated carbocycles. The van der Waals surface area contributed by atoms with Crippen molar-refractivity contribution in [3.8, 4) is 0 Å². The van der Waals surface area contributed by atoms with E-state index in [4.69, 9.17) is 11.6 Å². The molecule has 1 amide bonds. The number of rotatable bonds is 3. The van der Waals surface area contributed by atoms with E-state index in [0.29, 0.717) is 15.1 Å². The van der Waals surface area contributed by atoms with Crippen LogP contribution in [0, 0.1) is 6.92 Å². The molecule has 0 atom stereocenters. The van der Waals surface area contributed by atoms with Gasteiger partial charge in [0.05, 0.1) is 10.6 Å². The molecule has 2 fully saturated rings. The van der Waals surface area contributed by atoms with Crippen molar-refractivity contribution in [3.05, 3.63) is 63.5 Å². The summed E-state index contributed by atoms with van der Waals surface area (Å²) in [6.45, 7) is 4.36. The number of likely N-dealkylation sites (N-methyl/N-ethyl adjacent to an activating group) is 1. The van der Waals surface area contributed by atoms with E-state index in [2.05, 4.69) is 35.0 Å². The molecule has 28 heavy (non-hydrogen) atoms. The Balaban J connectivity index is 1.58. The Morgan fingerprint density at radius 2 is 1.82 bits per heavy atom. The lowest BCUT2D eigenvalue weighted by Crippen LogP contribution is -2.23. The second-order valence-electron chi connectivity index (χ2n) is 7.08. The van der Waals surface area contributed by atoms with Gasteiger partial charge in [0, 0.05) is 30.8 Å². The summed E-state index contributed by atoms with van der Waals surface area (Å²) in [7, 11) is 1.76. The summed E-state index contributed by atoms with van der Waals surface area (Å²) < 4.78 is 0. The van der Waals surface area contributed by atoms with Gasteiger partial charge in [-0.25, -0.2) is 4.99 Å². The number of aliphatic imine (C=N–C) groups is 1. The largest absolute Gasteiger partial charge is 0.372 e. The van der Waals surface area contributed by atoms with Gasteiger partial charge in [0.2, 0.25) is 0 Å². The van der Waals surface area contributed by atoms with Gasteiger partial charge in [-0.3, -0.25) is 9.69 Å². The molecule has 0 bridgehead atoms. The molecule has 0 unspecified atom stereocenters. The van der Waals surface area contributed by atoms with E-state index in [0.717, 1.165) is 24.3 Å². The van der Waals surface area contributed by atoms with Gasteiger partial charge in [0.1, 0.15) is 0 Å². The van der Waals surface area contributed by atoms with Crippen molar-refractivity contribution in [2.45, 2.75) is 19.8 Å². The fourth-order valence-electron chi connectivity index (χ4n) is 3.41. The Hall–Kier alpha value is -2.24. The molecule has 2 saturated heterocycles. The van der Waals surface area contributed by atoms with Gasteiger partial charge in [-0.05, 0) is 85.1 Å². The number of nitrogens with zero attached hydrogens (tertiary/aromatic N) is 3. The maximum absolute atomic E-state index is 12.7. The second kappa shape index (κ2) is 8.02.